The van der Waals surface area contributed by atoms with E-state index in [1.165, 1.54) is 16.7 Å². The van der Waals surface area contributed by atoms with Crippen molar-refractivity contribution in [1.29, 1.82) is 0 Å². The fraction of sp³-hybridized carbons (Fsp3) is 0.647. The molecule has 1 aromatic carbocycles. The quantitative estimate of drug-likeness (QED) is 0.828. The molecule has 2 unspecified atom stereocenters. The predicted molar refractivity (Wildman–Crippen MR) is 82.9 cm³/mol. The molecule has 0 spiro atoms. The molecule has 1 N–H and O–H groups in total. The van der Waals surface area contributed by atoms with Gasteiger partial charge in [0.25, 0.3) is 0 Å². The number of rotatable bonds is 6. The van der Waals surface area contributed by atoms with Crippen LogP contribution in [0.5, 0.6) is 5.75 Å². The van der Waals surface area contributed by atoms with Gasteiger partial charge in [-0.15, -0.1) is 0 Å². The van der Waals surface area contributed by atoms with E-state index in [0.717, 1.165) is 12.3 Å². The van der Waals surface area contributed by atoms with Crippen LogP contribution in [0.15, 0.2) is 12.1 Å². The molecular weight excluding hydrogens is 234 g/mol. The maximum absolute atomic E-state index is 5.46. The van der Waals surface area contributed by atoms with Gasteiger partial charge in [-0.1, -0.05) is 39.8 Å². The minimum Gasteiger partial charge on any atom is -0.496 e. The molecule has 2 atom stereocenters. The first-order valence-corrected chi connectivity index (χ1v) is 7.30. The Bertz CT molecular complexity index is 389. The monoisotopic (exact) mass is 263 g/mol. The lowest BCUT2D eigenvalue weighted by Gasteiger charge is -2.29. The number of nitrogens with one attached hydrogen (secondary N) is 1. The van der Waals surface area contributed by atoms with E-state index >= 15 is 0 Å². The van der Waals surface area contributed by atoms with Crippen molar-refractivity contribution < 1.29 is 4.74 Å². The largest absolute Gasteiger partial charge is 0.496 e. The number of methoxy groups -OCH3 is 1. The zero-order chi connectivity index (χ0) is 14.6. The first kappa shape index (κ1) is 16.0. The highest BCUT2D eigenvalue weighted by Crippen LogP contribution is 2.32. The van der Waals surface area contributed by atoms with E-state index in [0.29, 0.717) is 17.9 Å². The fourth-order valence-electron chi connectivity index (χ4n) is 2.70. The van der Waals surface area contributed by atoms with Crippen molar-refractivity contribution in [3.8, 4) is 5.75 Å². The predicted octanol–water partition coefficient (Wildman–Crippen LogP) is 4.25. The molecular formula is C17H29NO. The molecule has 0 saturated heterocycles. The van der Waals surface area contributed by atoms with Crippen LogP contribution in [0.25, 0.3) is 0 Å². The number of hydrogen-bond donors (Lipinski definition) is 1. The molecule has 0 aliphatic rings. The molecule has 108 valence electrons. The van der Waals surface area contributed by atoms with Crippen molar-refractivity contribution in [3.63, 3.8) is 0 Å². The maximum atomic E-state index is 5.46. The van der Waals surface area contributed by atoms with Crippen LogP contribution in [-0.2, 0) is 0 Å². The smallest absolute Gasteiger partial charge is 0.124 e. The van der Waals surface area contributed by atoms with Gasteiger partial charge in [0, 0.05) is 6.04 Å². The summed E-state index contributed by atoms with van der Waals surface area (Å²) >= 11 is 0. The summed E-state index contributed by atoms with van der Waals surface area (Å²) < 4.78 is 5.46. The van der Waals surface area contributed by atoms with Crippen molar-refractivity contribution >= 4 is 0 Å². The van der Waals surface area contributed by atoms with Gasteiger partial charge in [-0.05, 0) is 48.9 Å². The van der Waals surface area contributed by atoms with Crippen LogP contribution in [-0.4, -0.2) is 13.7 Å². The Morgan fingerprint density at radius 3 is 2.00 bits per heavy atom. The molecule has 1 rings (SSSR count). The molecule has 0 heterocycles. The number of aryl methyl sites for hydroxylation is 2. The van der Waals surface area contributed by atoms with Gasteiger partial charge < -0.3 is 10.1 Å². The SMILES string of the molecule is CCNC(c1cc(C)c(OC)c(C)c1)C(C)C(C)C. The van der Waals surface area contributed by atoms with Gasteiger partial charge in [-0.25, -0.2) is 0 Å². The van der Waals surface area contributed by atoms with E-state index in [1.54, 1.807) is 7.11 Å². The van der Waals surface area contributed by atoms with Crippen molar-refractivity contribution in [2.75, 3.05) is 13.7 Å². The van der Waals surface area contributed by atoms with Crippen LogP contribution < -0.4 is 10.1 Å². The summed E-state index contributed by atoms with van der Waals surface area (Å²) in [4.78, 5) is 0. The van der Waals surface area contributed by atoms with Crippen LogP contribution in [0.1, 0.15) is 50.4 Å². The lowest BCUT2D eigenvalue weighted by Crippen LogP contribution is -2.29. The average Bonchev–Trinajstić information content (AvgIpc) is 2.34. The second-order valence-electron chi connectivity index (χ2n) is 5.83. The van der Waals surface area contributed by atoms with Crippen molar-refractivity contribution in [2.24, 2.45) is 11.8 Å². The van der Waals surface area contributed by atoms with Gasteiger partial charge in [0.15, 0.2) is 0 Å². The maximum Gasteiger partial charge on any atom is 0.124 e. The zero-order valence-corrected chi connectivity index (χ0v) is 13.5. The van der Waals surface area contributed by atoms with Crippen LogP contribution >= 0.6 is 0 Å². The van der Waals surface area contributed by atoms with Gasteiger partial charge >= 0.3 is 0 Å². The topological polar surface area (TPSA) is 21.3 Å². The Labute approximate surface area is 118 Å². The molecule has 2 nitrogen and oxygen atoms in total. The third kappa shape index (κ3) is 3.73. The van der Waals surface area contributed by atoms with Crippen LogP contribution in [0.2, 0.25) is 0 Å². The summed E-state index contributed by atoms with van der Waals surface area (Å²) in [7, 11) is 1.74. The Morgan fingerprint density at radius 1 is 1.11 bits per heavy atom. The van der Waals surface area contributed by atoms with Crippen molar-refractivity contribution in [3.05, 3.63) is 28.8 Å². The third-order valence-corrected chi connectivity index (χ3v) is 4.05. The summed E-state index contributed by atoms with van der Waals surface area (Å²) in [5, 5.41) is 3.63. The molecule has 0 bridgehead atoms. The van der Waals surface area contributed by atoms with Gasteiger partial charge in [0.2, 0.25) is 0 Å². The Balaban J connectivity index is 3.16. The summed E-state index contributed by atoms with van der Waals surface area (Å²) in [6.45, 7) is 14.3. The standard InChI is InChI=1S/C17H29NO/c1-8-18-16(14(6)11(2)3)15-9-12(4)17(19-7)13(5)10-15/h9-11,14,16,18H,8H2,1-7H3. The fourth-order valence-corrected chi connectivity index (χ4v) is 2.70. The van der Waals surface area contributed by atoms with E-state index in [2.05, 4.69) is 59.0 Å². The van der Waals surface area contributed by atoms with E-state index < -0.39 is 0 Å². The van der Waals surface area contributed by atoms with Crippen LogP contribution in [0.4, 0.5) is 0 Å². The molecule has 1 aromatic rings. The van der Waals surface area contributed by atoms with E-state index in [-0.39, 0.29) is 0 Å². The highest BCUT2D eigenvalue weighted by molar-refractivity contribution is 5.44. The first-order chi connectivity index (χ1) is 8.92. The van der Waals surface area contributed by atoms with Crippen LogP contribution in [0, 0.1) is 25.7 Å². The highest BCUT2D eigenvalue weighted by atomic mass is 16.5. The van der Waals surface area contributed by atoms with Crippen LogP contribution in [0.3, 0.4) is 0 Å². The minimum absolute atomic E-state index is 0.410. The first-order valence-electron chi connectivity index (χ1n) is 7.30. The number of hydrogen-bond acceptors (Lipinski definition) is 2. The normalized spacial score (nSPS) is 14.5. The summed E-state index contributed by atoms with van der Waals surface area (Å²) in [6.07, 6.45) is 0. The molecule has 0 aliphatic carbocycles. The summed E-state index contributed by atoms with van der Waals surface area (Å²) in [5.41, 5.74) is 3.81. The van der Waals surface area contributed by atoms with Gasteiger partial charge in [0.05, 0.1) is 7.11 Å². The summed E-state index contributed by atoms with van der Waals surface area (Å²) in [5.74, 6) is 2.27. The van der Waals surface area contributed by atoms with Crippen molar-refractivity contribution in [1.82, 2.24) is 5.32 Å². The van der Waals surface area contributed by atoms with Gasteiger partial charge in [0.1, 0.15) is 5.75 Å². The lowest BCUT2D eigenvalue weighted by atomic mass is 9.85. The molecule has 0 amide bonds. The average molecular weight is 263 g/mol. The molecule has 0 fully saturated rings. The number of ether oxygens (including phenoxy) is 1. The Kier molecular flexibility index (Phi) is 5.86. The molecule has 0 aromatic heterocycles. The van der Waals surface area contributed by atoms with Crippen molar-refractivity contribution in [2.45, 2.75) is 47.6 Å². The van der Waals surface area contributed by atoms with E-state index in [9.17, 15) is 0 Å². The Morgan fingerprint density at radius 2 is 1.63 bits per heavy atom. The lowest BCUT2D eigenvalue weighted by molar-refractivity contribution is 0.307. The molecule has 0 radical (unpaired) electrons. The second-order valence-corrected chi connectivity index (χ2v) is 5.83. The second kappa shape index (κ2) is 6.95. The molecule has 0 aliphatic heterocycles. The van der Waals surface area contributed by atoms with E-state index in [1.807, 2.05) is 0 Å². The number of benzene rings is 1. The van der Waals surface area contributed by atoms with E-state index in [4.69, 9.17) is 4.74 Å². The molecule has 19 heavy (non-hydrogen) atoms. The van der Waals surface area contributed by atoms with Gasteiger partial charge in [-0.3, -0.25) is 0 Å². The van der Waals surface area contributed by atoms with Gasteiger partial charge in [-0.2, -0.15) is 0 Å². The molecule has 2 heteroatoms. The minimum atomic E-state index is 0.410. The molecule has 0 saturated carbocycles. The summed E-state index contributed by atoms with van der Waals surface area (Å²) in [6, 6.07) is 4.93. The zero-order valence-electron chi connectivity index (χ0n) is 13.5. The highest BCUT2D eigenvalue weighted by Gasteiger charge is 2.22. The third-order valence-electron chi connectivity index (χ3n) is 4.05. The Hall–Kier alpha value is -1.02.